The molecule has 0 unspecified atom stereocenters. The molecule has 0 aliphatic carbocycles. The van der Waals surface area contributed by atoms with Crippen molar-refractivity contribution >= 4 is 21.6 Å². The molecule has 130 valence electrons. The summed E-state index contributed by atoms with van der Waals surface area (Å²) in [5, 5.41) is 12.4. The molecule has 0 N–H and O–H groups in total. The Hall–Kier alpha value is -2.98. The van der Waals surface area contributed by atoms with E-state index >= 15 is 0 Å². The van der Waals surface area contributed by atoms with Gasteiger partial charge in [-0.3, -0.25) is 4.57 Å². The van der Waals surface area contributed by atoms with E-state index in [0.29, 0.717) is 16.9 Å². The van der Waals surface area contributed by atoms with Crippen LogP contribution in [0, 0.1) is 11.3 Å². The van der Waals surface area contributed by atoms with Gasteiger partial charge in [-0.1, -0.05) is 0 Å². The molecule has 3 heterocycles. The molecular formula is C19H12F3N3S. The van der Waals surface area contributed by atoms with Gasteiger partial charge in [-0.15, -0.1) is 11.3 Å². The fourth-order valence-corrected chi connectivity index (χ4v) is 4.05. The monoisotopic (exact) mass is 371 g/mol. The second-order valence-electron chi connectivity index (χ2n) is 5.86. The summed E-state index contributed by atoms with van der Waals surface area (Å²) < 4.78 is 42.4. The van der Waals surface area contributed by atoms with Gasteiger partial charge in [0.05, 0.1) is 22.5 Å². The van der Waals surface area contributed by atoms with Gasteiger partial charge in [0.25, 0.3) is 0 Å². The van der Waals surface area contributed by atoms with Crippen molar-refractivity contribution in [2.75, 3.05) is 0 Å². The summed E-state index contributed by atoms with van der Waals surface area (Å²) in [6, 6.07) is 12.9. The highest BCUT2D eigenvalue weighted by atomic mass is 32.1. The van der Waals surface area contributed by atoms with E-state index in [9.17, 15) is 18.4 Å². The maximum absolute atomic E-state index is 12.9. The Bertz CT molecular complexity index is 1140. The fraction of sp³-hybridized carbons (Fsp3) is 0.105. The molecule has 3 nitrogen and oxygen atoms in total. The molecule has 4 aromatic rings. The number of aryl methyl sites for hydroxylation is 1. The Labute approximate surface area is 151 Å². The Kier molecular flexibility index (Phi) is 3.67. The van der Waals surface area contributed by atoms with Gasteiger partial charge in [-0.05, 0) is 47.8 Å². The van der Waals surface area contributed by atoms with E-state index in [2.05, 4.69) is 6.07 Å². The number of hydrogen-bond donors (Lipinski definition) is 0. The van der Waals surface area contributed by atoms with Crippen molar-refractivity contribution in [3.05, 3.63) is 65.2 Å². The molecule has 0 spiro atoms. The first-order chi connectivity index (χ1) is 12.4. The van der Waals surface area contributed by atoms with E-state index in [-0.39, 0.29) is 0 Å². The summed E-state index contributed by atoms with van der Waals surface area (Å²) in [5.41, 5.74) is 1.91. The maximum Gasteiger partial charge on any atom is 0.416 e. The lowest BCUT2D eigenvalue weighted by Gasteiger charge is -2.13. The van der Waals surface area contributed by atoms with Gasteiger partial charge in [0, 0.05) is 24.3 Å². The summed E-state index contributed by atoms with van der Waals surface area (Å²) in [5.74, 6) is 0. The third-order valence-electron chi connectivity index (χ3n) is 4.33. The van der Waals surface area contributed by atoms with Gasteiger partial charge in [0.15, 0.2) is 0 Å². The lowest BCUT2D eigenvalue weighted by Crippen LogP contribution is -2.05. The molecule has 0 saturated carbocycles. The van der Waals surface area contributed by atoms with Crippen LogP contribution in [0.4, 0.5) is 13.2 Å². The van der Waals surface area contributed by atoms with E-state index in [1.54, 1.807) is 0 Å². The highest BCUT2D eigenvalue weighted by Gasteiger charge is 2.30. The second-order valence-corrected chi connectivity index (χ2v) is 6.75. The fourth-order valence-electron chi connectivity index (χ4n) is 3.11. The van der Waals surface area contributed by atoms with E-state index in [0.717, 1.165) is 28.0 Å². The molecule has 0 fully saturated rings. The third-order valence-corrected chi connectivity index (χ3v) is 5.23. The van der Waals surface area contributed by atoms with Gasteiger partial charge in [0.1, 0.15) is 10.9 Å². The third kappa shape index (κ3) is 2.42. The first kappa shape index (κ1) is 16.5. The molecule has 3 aromatic heterocycles. The minimum Gasteiger partial charge on any atom is -0.349 e. The molecule has 1 aromatic carbocycles. The lowest BCUT2D eigenvalue weighted by atomic mass is 10.1. The van der Waals surface area contributed by atoms with Crippen LogP contribution < -0.4 is 0 Å². The van der Waals surface area contributed by atoms with Crippen molar-refractivity contribution < 1.29 is 13.2 Å². The van der Waals surface area contributed by atoms with Crippen molar-refractivity contribution in [2.24, 2.45) is 7.05 Å². The van der Waals surface area contributed by atoms with Crippen LogP contribution in [0.5, 0.6) is 0 Å². The van der Waals surface area contributed by atoms with Gasteiger partial charge < -0.3 is 4.57 Å². The molecule has 0 aliphatic heterocycles. The number of thiophene rings is 1. The molecule has 7 heteroatoms. The van der Waals surface area contributed by atoms with E-state index in [1.165, 1.54) is 23.5 Å². The topological polar surface area (TPSA) is 33.6 Å². The first-order valence-electron chi connectivity index (χ1n) is 7.73. The zero-order chi connectivity index (χ0) is 18.5. The molecule has 0 saturated heterocycles. The number of aromatic nitrogens is 2. The van der Waals surface area contributed by atoms with Crippen LogP contribution in [0.3, 0.4) is 0 Å². The highest BCUT2D eigenvalue weighted by molar-refractivity contribution is 7.17. The summed E-state index contributed by atoms with van der Waals surface area (Å²) >= 11 is 1.45. The van der Waals surface area contributed by atoms with Crippen molar-refractivity contribution in [3.63, 3.8) is 0 Å². The van der Waals surface area contributed by atoms with Crippen molar-refractivity contribution in [2.45, 2.75) is 6.18 Å². The van der Waals surface area contributed by atoms with Gasteiger partial charge in [-0.2, -0.15) is 18.4 Å². The van der Waals surface area contributed by atoms with Crippen LogP contribution in [0.25, 0.3) is 27.3 Å². The van der Waals surface area contributed by atoms with Crippen LogP contribution in [0.1, 0.15) is 11.1 Å². The van der Waals surface area contributed by atoms with Crippen LogP contribution >= 0.6 is 11.3 Å². The maximum atomic E-state index is 12.9. The number of halogens is 3. The zero-order valence-electron chi connectivity index (χ0n) is 13.6. The number of nitriles is 1. The standard InChI is InChI=1S/C19H12F3N3S/c1-24-9-2-3-16(24)17-15(11-23)14-8-10-26-18(14)25(17)13-6-4-12(5-7-13)19(20,21)22/h2-10H,1H3. The predicted molar refractivity (Wildman–Crippen MR) is 95.3 cm³/mol. The largest absolute Gasteiger partial charge is 0.416 e. The number of nitrogens with zero attached hydrogens (tertiary/aromatic N) is 3. The number of rotatable bonds is 2. The second kappa shape index (κ2) is 5.78. The number of alkyl halides is 3. The van der Waals surface area contributed by atoms with Crippen molar-refractivity contribution in [1.82, 2.24) is 9.13 Å². The quantitative estimate of drug-likeness (QED) is 0.452. The van der Waals surface area contributed by atoms with E-state index in [1.807, 2.05) is 46.0 Å². The lowest BCUT2D eigenvalue weighted by molar-refractivity contribution is -0.137. The van der Waals surface area contributed by atoms with E-state index < -0.39 is 11.7 Å². The zero-order valence-corrected chi connectivity index (χ0v) is 14.4. The normalized spacial score (nSPS) is 11.8. The molecule has 0 bridgehead atoms. The summed E-state index contributed by atoms with van der Waals surface area (Å²) in [6.07, 6.45) is -2.51. The first-order valence-corrected chi connectivity index (χ1v) is 8.61. The summed E-state index contributed by atoms with van der Waals surface area (Å²) in [4.78, 5) is 0.831. The Morgan fingerprint density at radius 1 is 1.08 bits per heavy atom. The average molecular weight is 371 g/mol. The molecule has 0 aliphatic rings. The Balaban J connectivity index is 2.02. The predicted octanol–water partition coefficient (Wildman–Crippen LogP) is 5.59. The Morgan fingerprint density at radius 2 is 1.81 bits per heavy atom. The van der Waals surface area contributed by atoms with Crippen molar-refractivity contribution in [1.29, 1.82) is 5.26 Å². The Morgan fingerprint density at radius 3 is 2.38 bits per heavy atom. The van der Waals surface area contributed by atoms with Crippen LogP contribution in [-0.4, -0.2) is 9.13 Å². The molecule has 0 amide bonds. The number of hydrogen-bond acceptors (Lipinski definition) is 2. The molecular weight excluding hydrogens is 359 g/mol. The average Bonchev–Trinajstić information content (AvgIpc) is 3.28. The highest BCUT2D eigenvalue weighted by Crippen LogP contribution is 2.39. The van der Waals surface area contributed by atoms with Crippen LogP contribution in [0.15, 0.2) is 54.0 Å². The van der Waals surface area contributed by atoms with Crippen LogP contribution in [0.2, 0.25) is 0 Å². The molecule has 0 atom stereocenters. The van der Waals surface area contributed by atoms with Gasteiger partial charge >= 0.3 is 6.18 Å². The summed E-state index contributed by atoms with van der Waals surface area (Å²) in [7, 11) is 1.87. The molecule has 4 rings (SSSR count). The van der Waals surface area contributed by atoms with Crippen molar-refractivity contribution in [3.8, 4) is 23.1 Å². The molecule has 26 heavy (non-hydrogen) atoms. The molecule has 0 radical (unpaired) electrons. The minimum atomic E-state index is -4.38. The number of benzene rings is 1. The SMILES string of the molecule is Cn1cccc1-c1c(C#N)c2ccsc2n1-c1ccc(C(F)(F)F)cc1. The van der Waals surface area contributed by atoms with Gasteiger partial charge in [-0.25, -0.2) is 0 Å². The number of fused-ring (bicyclic) bond motifs is 1. The summed E-state index contributed by atoms with van der Waals surface area (Å²) in [6.45, 7) is 0. The van der Waals surface area contributed by atoms with E-state index in [4.69, 9.17) is 0 Å². The smallest absolute Gasteiger partial charge is 0.349 e. The van der Waals surface area contributed by atoms with Crippen LogP contribution in [-0.2, 0) is 13.2 Å². The van der Waals surface area contributed by atoms with Gasteiger partial charge in [0.2, 0.25) is 0 Å². The minimum absolute atomic E-state index is 0.517.